The molecule has 0 spiro atoms. The van der Waals surface area contributed by atoms with Gasteiger partial charge < -0.3 is 0 Å². The van der Waals surface area contributed by atoms with E-state index in [0.717, 1.165) is 6.42 Å². The third-order valence-electron chi connectivity index (χ3n) is 2.13. The lowest BCUT2D eigenvalue weighted by Crippen LogP contribution is -1.93. The third kappa shape index (κ3) is 2.04. The molecule has 0 saturated carbocycles. The molecule has 1 atom stereocenters. The van der Waals surface area contributed by atoms with Gasteiger partial charge in [0.15, 0.2) is 0 Å². The molecule has 0 nitrogen and oxygen atoms in total. The van der Waals surface area contributed by atoms with E-state index in [1.807, 2.05) is 0 Å². The lowest BCUT2D eigenvalue weighted by Gasteiger charge is -2.11. The summed E-state index contributed by atoms with van der Waals surface area (Å²) in [6.45, 7) is 6.44. The number of thiol groups is 1. The molecule has 0 fully saturated rings. The summed E-state index contributed by atoms with van der Waals surface area (Å²) in [5.41, 5.74) is 4.13. The number of hydrogen-bond donors (Lipinski definition) is 1. The Morgan fingerprint density at radius 1 is 1.42 bits per heavy atom. The Bertz CT molecular complexity index is 264. The molecule has 0 aliphatic rings. The summed E-state index contributed by atoms with van der Waals surface area (Å²) in [6.07, 6.45) is 1.10. The smallest absolute Gasteiger partial charge is 0.0241 e. The van der Waals surface area contributed by atoms with Crippen LogP contribution in [0.25, 0.3) is 0 Å². The molecule has 0 amide bonds. The zero-order valence-corrected chi connectivity index (χ0v) is 8.86. The van der Waals surface area contributed by atoms with E-state index in [4.69, 9.17) is 0 Å². The SMILES string of the molecule is CCc1cc(C)ccc1C(C)S. The van der Waals surface area contributed by atoms with Crippen molar-refractivity contribution in [2.45, 2.75) is 32.4 Å². The molecule has 0 aromatic heterocycles. The van der Waals surface area contributed by atoms with E-state index in [1.165, 1.54) is 16.7 Å². The molecule has 0 heterocycles. The summed E-state index contributed by atoms with van der Waals surface area (Å²) < 4.78 is 0. The van der Waals surface area contributed by atoms with Crippen LogP contribution >= 0.6 is 12.6 Å². The maximum Gasteiger partial charge on any atom is 0.0241 e. The molecule has 1 heteroatoms. The molecule has 1 aromatic rings. The molecule has 0 bridgehead atoms. The van der Waals surface area contributed by atoms with Gasteiger partial charge in [-0.05, 0) is 31.4 Å². The fourth-order valence-corrected chi connectivity index (χ4v) is 1.70. The van der Waals surface area contributed by atoms with Crippen LogP contribution in [0.2, 0.25) is 0 Å². The molecule has 1 rings (SSSR count). The minimum Gasteiger partial charge on any atom is -0.171 e. The van der Waals surface area contributed by atoms with Crippen LogP contribution in [0.3, 0.4) is 0 Å². The molecule has 0 saturated heterocycles. The number of aryl methyl sites for hydroxylation is 2. The highest BCUT2D eigenvalue weighted by Crippen LogP contribution is 2.24. The molecule has 0 aliphatic carbocycles. The van der Waals surface area contributed by atoms with E-state index >= 15 is 0 Å². The van der Waals surface area contributed by atoms with Crippen molar-refractivity contribution in [3.8, 4) is 0 Å². The van der Waals surface area contributed by atoms with E-state index in [0.29, 0.717) is 5.25 Å². The van der Waals surface area contributed by atoms with Gasteiger partial charge in [0.2, 0.25) is 0 Å². The first-order valence-electron chi connectivity index (χ1n) is 4.42. The van der Waals surface area contributed by atoms with Crippen LogP contribution in [-0.4, -0.2) is 0 Å². The first kappa shape index (κ1) is 9.66. The van der Waals surface area contributed by atoms with Crippen molar-refractivity contribution >= 4 is 12.6 Å². The third-order valence-corrected chi connectivity index (χ3v) is 2.41. The van der Waals surface area contributed by atoms with Crippen molar-refractivity contribution in [1.82, 2.24) is 0 Å². The van der Waals surface area contributed by atoms with Gasteiger partial charge in [0, 0.05) is 5.25 Å². The first-order valence-corrected chi connectivity index (χ1v) is 4.94. The highest BCUT2D eigenvalue weighted by atomic mass is 32.1. The van der Waals surface area contributed by atoms with Gasteiger partial charge in [0.1, 0.15) is 0 Å². The van der Waals surface area contributed by atoms with Crippen LogP contribution in [-0.2, 0) is 6.42 Å². The molecule has 0 radical (unpaired) electrons. The normalized spacial score (nSPS) is 13.0. The lowest BCUT2D eigenvalue weighted by molar-refractivity contribution is 1.02. The van der Waals surface area contributed by atoms with Crippen molar-refractivity contribution in [3.63, 3.8) is 0 Å². The zero-order chi connectivity index (χ0) is 9.14. The van der Waals surface area contributed by atoms with Crippen molar-refractivity contribution < 1.29 is 0 Å². The second-order valence-corrected chi connectivity index (χ2v) is 4.01. The fourth-order valence-electron chi connectivity index (χ4n) is 1.45. The van der Waals surface area contributed by atoms with Crippen LogP contribution < -0.4 is 0 Å². The van der Waals surface area contributed by atoms with Crippen LogP contribution in [0.15, 0.2) is 18.2 Å². The number of rotatable bonds is 2. The Morgan fingerprint density at radius 3 is 2.58 bits per heavy atom. The Hall–Kier alpha value is -0.430. The maximum atomic E-state index is 4.45. The van der Waals surface area contributed by atoms with Crippen LogP contribution in [0.1, 0.15) is 35.8 Å². The van der Waals surface area contributed by atoms with Gasteiger partial charge in [-0.3, -0.25) is 0 Å². The zero-order valence-electron chi connectivity index (χ0n) is 7.96. The minimum absolute atomic E-state index is 0.348. The largest absolute Gasteiger partial charge is 0.171 e. The lowest BCUT2D eigenvalue weighted by atomic mass is 10.0. The number of hydrogen-bond acceptors (Lipinski definition) is 1. The van der Waals surface area contributed by atoms with Gasteiger partial charge in [-0.1, -0.05) is 30.7 Å². The molecule has 1 aromatic carbocycles. The Kier molecular flexibility index (Phi) is 3.21. The van der Waals surface area contributed by atoms with Crippen LogP contribution in [0, 0.1) is 6.92 Å². The fraction of sp³-hybridized carbons (Fsp3) is 0.455. The minimum atomic E-state index is 0.348. The molecule has 1 unspecified atom stereocenters. The van der Waals surface area contributed by atoms with Crippen molar-refractivity contribution in [2.24, 2.45) is 0 Å². The van der Waals surface area contributed by atoms with E-state index in [-0.39, 0.29) is 0 Å². The standard InChI is InChI=1S/C11H16S/c1-4-10-7-8(2)5-6-11(10)9(3)12/h5-7,9,12H,4H2,1-3H3. The second kappa shape index (κ2) is 3.99. The van der Waals surface area contributed by atoms with Gasteiger partial charge in [-0.2, -0.15) is 12.6 Å². The first-order chi connectivity index (χ1) is 5.65. The van der Waals surface area contributed by atoms with Crippen molar-refractivity contribution in [2.75, 3.05) is 0 Å². The summed E-state index contributed by atoms with van der Waals surface area (Å²) in [6, 6.07) is 6.59. The quantitative estimate of drug-likeness (QED) is 0.661. The predicted octanol–water partition coefficient (Wildman–Crippen LogP) is 3.55. The average molecular weight is 180 g/mol. The molecular weight excluding hydrogens is 164 g/mol. The number of benzene rings is 1. The van der Waals surface area contributed by atoms with E-state index < -0.39 is 0 Å². The summed E-state index contributed by atoms with van der Waals surface area (Å²) in [7, 11) is 0. The Morgan fingerprint density at radius 2 is 2.08 bits per heavy atom. The van der Waals surface area contributed by atoms with E-state index in [9.17, 15) is 0 Å². The summed E-state index contributed by atoms with van der Waals surface area (Å²) in [5.74, 6) is 0. The van der Waals surface area contributed by atoms with E-state index in [2.05, 4.69) is 51.6 Å². The van der Waals surface area contributed by atoms with Crippen LogP contribution in [0.4, 0.5) is 0 Å². The van der Waals surface area contributed by atoms with Crippen LogP contribution in [0.5, 0.6) is 0 Å². The van der Waals surface area contributed by atoms with Gasteiger partial charge >= 0.3 is 0 Å². The summed E-state index contributed by atoms with van der Waals surface area (Å²) in [4.78, 5) is 0. The highest BCUT2D eigenvalue weighted by Gasteiger charge is 2.04. The van der Waals surface area contributed by atoms with Gasteiger partial charge in [-0.15, -0.1) is 0 Å². The van der Waals surface area contributed by atoms with Gasteiger partial charge in [0.05, 0.1) is 0 Å². The average Bonchev–Trinajstić information content (AvgIpc) is 2.03. The van der Waals surface area contributed by atoms with Gasteiger partial charge in [0.25, 0.3) is 0 Å². The molecular formula is C11H16S. The summed E-state index contributed by atoms with van der Waals surface area (Å²) in [5, 5.41) is 0.348. The molecule has 0 N–H and O–H groups in total. The van der Waals surface area contributed by atoms with Crippen molar-refractivity contribution in [3.05, 3.63) is 34.9 Å². The molecule has 0 aliphatic heterocycles. The topological polar surface area (TPSA) is 0 Å². The Balaban J connectivity index is 3.11. The highest BCUT2D eigenvalue weighted by molar-refractivity contribution is 7.80. The predicted molar refractivity (Wildman–Crippen MR) is 58.0 cm³/mol. The van der Waals surface area contributed by atoms with Crippen molar-refractivity contribution in [1.29, 1.82) is 0 Å². The Labute approximate surface area is 80.4 Å². The molecule has 66 valence electrons. The maximum absolute atomic E-state index is 4.45. The molecule has 12 heavy (non-hydrogen) atoms. The van der Waals surface area contributed by atoms with Gasteiger partial charge in [-0.25, -0.2) is 0 Å². The van der Waals surface area contributed by atoms with E-state index in [1.54, 1.807) is 0 Å². The summed E-state index contributed by atoms with van der Waals surface area (Å²) >= 11 is 4.45. The monoisotopic (exact) mass is 180 g/mol. The second-order valence-electron chi connectivity index (χ2n) is 3.23.